The van der Waals surface area contributed by atoms with Crippen molar-refractivity contribution in [3.63, 3.8) is 0 Å². The first-order valence-electron chi connectivity index (χ1n) is 18.5. The number of anilines is 4. The van der Waals surface area contributed by atoms with E-state index in [4.69, 9.17) is 11.6 Å². The van der Waals surface area contributed by atoms with Gasteiger partial charge in [0, 0.05) is 45.9 Å². The Bertz CT molecular complexity index is 2610. The molecule has 0 aliphatic rings. The largest absolute Gasteiger partial charge is 0.420 e. The van der Waals surface area contributed by atoms with Crippen LogP contribution in [0.1, 0.15) is 33.4 Å². The van der Waals surface area contributed by atoms with Crippen LogP contribution in [0.5, 0.6) is 0 Å². The third-order valence-electron chi connectivity index (χ3n) is 8.49. The predicted molar refractivity (Wildman–Crippen MR) is 242 cm³/mol. The quantitative estimate of drug-likeness (QED) is 0.0406. The van der Waals surface area contributed by atoms with Crippen molar-refractivity contribution in [1.82, 2.24) is 19.9 Å². The molecule has 2 aromatic heterocycles. The number of alkyl halides is 9. The Balaban J connectivity index is 0.000000247. The van der Waals surface area contributed by atoms with Gasteiger partial charge in [-0.15, -0.1) is 11.8 Å². The number of halogens is 10. The lowest BCUT2D eigenvalue weighted by atomic mass is 10.1. The lowest BCUT2D eigenvalue weighted by Crippen LogP contribution is -2.11. The number of aromatic nitrogens is 4. The highest BCUT2D eigenvalue weighted by molar-refractivity contribution is 7.98. The highest BCUT2D eigenvalue weighted by atomic mass is 35.5. The predicted octanol–water partition coefficient (Wildman–Crippen LogP) is 13.4. The third kappa shape index (κ3) is 16.2. The maximum atomic E-state index is 13.4. The average Bonchev–Trinajstić information content (AvgIpc) is 3.19. The Labute approximate surface area is 378 Å². The average molecular weight is 993 g/mol. The van der Waals surface area contributed by atoms with E-state index in [1.165, 1.54) is 23.3 Å². The van der Waals surface area contributed by atoms with Crippen molar-refractivity contribution in [3.8, 4) is 0 Å². The molecule has 0 amide bonds. The van der Waals surface area contributed by atoms with Crippen LogP contribution in [0.15, 0.2) is 114 Å². The van der Waals surface area contributed by atoms with E-state index < -0.39 is 59.7 Å². The van der Waals surface area contributed by atoms with Crippen LogP contribution < -0.4 is 21.2 Å². The van der Waals surface area contributed by atoms with Gasteiger partial charge in [0.05, 0.1) is 5.56 Å². The van der Waals surface area contributed by atoms with E-state index >= 15 is 0 Å². The molecule has 0 bridgehead atoms. The molecule has 0 spiro atoms. The molecule has 6 rings (SSSR count). The van der Waals surface area contributed by atoms with Crippen LogP contribution in [0.2, 0.25) is 5.15 Å². The zero-order valence-corrected chi connectivity index (χ0v) is 38.7. The van der Waals surface area contributed by atoms with E-state index in [1.807, 2.05) is 0 Å². The number of aryl methyl sites for hydroxylation is 1. The van der Waals surface area contributed by atoms with E-state index in [0.29, 0.717) is 46.1 Å². The Morgan fingerprint density at radius 2 is 1.09 bits per heavy atom. The summed E-state index contributed by atoms with van der Waals surface area (Å²) in [5, 5.41) is 5.77. The molecule has 0 atom stereocenters. The van der Waals surface area contributed by atoms with E-state index in [-0.39, 0.29) is 23.2 Å². The number of hydrogen-bond donors (Lipinski definition) is 3. The normalized spacial score (nSPS) is 12.1. The van der Waals surface area contributed by atoms with Gasteiger partial charge in [0.25, 0.3) is 0 Å². The summed E-state index contributed by atoms with van der Waals surface area (Å²) in [6.07, 6.45) is -12.6. The molecular weight excluding hydrogens is 953 g/mol. The van der Waals surface area contributed by atoms with Crippen molar-refractivity contribution in [2.24, 2.45) is 0 Å². The van der Waals surface area contributed by atoms with Crippen LogP contribution in [0.25, 0.3) is 0 Å². The summed E-state index contributed by atoms with van der Waals surface area (Å²) in [6, 6.07) is 25.9. The number of nitrogens with zero attached hydrogens (tertiary/aromatic N) is 4. The van der Waals surface area contributed by atoms with Gasteiger partial charge in [0.2, 0.25) is 11.9 Å². The topological polar surface area (TPSA) is 110 Å². The molecular formula is C42H40ClF9N6O2P2S2. The molecule has 2 N–H and O–H groups in total. The second-order valence-electron chi connectivity index (χ2n) is 14.5. The Hall–Kier alpha value is -4.54. The molecule has 0 unspecified atom stereocenters. The van der Waals surface area contributed by atoms with Gasteiger partial charge in [0.15, 0.2) is 0 Å². The van der Waals surface area contributed by atoms with Crippen molar-refractivity contribution in [1.29, 1.82) is 0 Å². The molecule has 0 aliphatic heterocycles. The molecule has 8 nitrogen and oxygen atoms in total. The zero-order chi connectivity index (χ0) is 47.7. The second-order valence-corrected chi connectivity index (χ2v) is 22.6. The first-order chi connectivity index (χ1) is 29.6. The SMILES string of the molecule is CP(C)(=O)c1ccc(Nc2ncc(C(F)(F)F)c(Cl)n2)cc1.CP(C)(=O)c1ccc(Nc2ncc(C(F)(F)F)c(SCc3cccc(C(F)(F)F)c3)n2)cc1.Cc1cccc(CS)c1. The van der Waals surface area contributed by atoms with Crippen LogP contribution in [0.3, 0.4) is 0 Å². The summed E-state index contributed by atoms with van der Waals surface area (Å²) < 4.78 is 141. The van der Waals surface area contributed by atoms with Gasteiger partial charge in [0.1, 0.15) is 35.6 Å². The fourth-order valence-electron chi connectivity index (χ4n) is 5.21. The van der Waals surface area contributed by atoms with Crippen LogP contribution in [-0.4, -0.2) is 46.6 Å². The third-order valence-corrected chi connectivity index (χ3v) is 13.3. The Morgan fingerprint density at radius 3 is 1.52 bits per heavy atom. The summed E-state index contributed by atoms with van der Waals surface area (Å²) in [4.78, 5) is 14.8. The minimum absolute atomic E-state index is 0.0538. The molecule has 0 aliphatic carbocycles. The van der Waals surface area contributed by atoms with E-state index in [9.17, 15) is 48.6 Å². The number of nitrogens with one attached hydrogen (secondary N) is 2. The zero-order valence-electron chi connectivity index (χ0n) is 34.4. The van der Waals surface area contributed by atoms with Gasteiger partial charge in [-0.25, -0.2) is 19.9 Å². The maximum absolute atomic E-state index is 13.4. The van der Waals surface area contributed by atoms with Gasteiger partial charge in [-0.3, -0.25) is 0 Å². The minimum atomic E-state index is -4.74. The fourth-order valence-corrected chi connectivity index (χ4v) is 8.33. The van der Waals surface area contributed by atoms with Crippen LogP contribution in [0.4, 0.5) is 62.8 Å². The molecule has 0 fully saturated rings. The molecule has 0 saturated carbocycles. The Morgan fingerprint density at radius 1 is 0.625 bits per heavy atom. The van der Waals surface area contributed by atoms with Gasteiger partial charge in [-0.05, 0) is 99.3 Å². The van der Waals surface area contributed by atoms with Gasteiger partial charge in [-0.2, -0.15) is 52.1 Å². The first kappa shape index (κ1) is 52.1. The second kappa shape index (κ2) is 21.6. The molecule has 6 aromatic rings. The molecule has 64 heavy (non-hydrogen) atoms. The number of thiol groups is 1. The van der Waals surface area contributed by atoms with Gasteiger partial charge < -0.3 is 19.8 Å². The van der Waals surface area contributed by atoms with Crippen LogP contribution in [0, 0.1) is 6.92 Å². The number of benzene rings is 4. The fraction of sp³-hybridized carbons (Fsp3) is 0.238. The molecule has 342 valence electrons. The molecule has 0 radical (unpaired) electrons. The lowest BCUT2D eigenvalue weighted by Gasteiger charge is -2.14. The number of rotatable bonds is 10. The van der Waals surface area contributed by atoms with E-state index in [0.717, 1.165) is 17.9 Å². The molecule has 2 heterocycles. The number of hydrogen-bond acceptors (Lipinski definition) is 10. The highest BCUT2D eigenvalue weighted by Gasteiger charge is 2.36. The summed E-state index contributed by atoms with van der Waals surface area (Å²) >= 11 is 10.3. The number of thioether (sulfide) groups is 1. The smallest absolute Gasteiger partial charge is 0.324 e. The minimum Gasteiger partial charge on any atom is -0.324 e. The highest BCUT2D eigenvalue weighted by Crippen LogP contribution is 2.39. The summed E-state index contributed by atoms with van der Waals surface area (Å²) in [6.45, 7) is 8.61. The van der Waals surface area contributed by atoms with Crippen molar-refractivity contribution in [2.45, 2.75) is 42.0 Å². The standard InChI is InChI=1S/C21H18F6N3OPS.C13H12ClF3N3OP.C8H10S/c1-32(2,31)16-8-6-15(7-9-16)29-19-28-11-17(21(25,26)27)18(30-19)33-12-13-4-3-5-14(10-13)20(22,23)24;1-22(2,21)9-5-3-8(4-6-9)19-12-18-7-10(11(14)20-12)13(15,16)17;1-7-3-2-4-8(5-7)6-9/h3-11H,12H2,1-2H3,(H,28,29,30);3-7H,1-2H3,(H,18,19,20);2-5,9H,6H2,1H3. The molecule has 0 saturated heterocycles. The lowest BCUT2D eigenvalue weighted by molar-refractivity contribution is -0.140. The van der Waals surface area contributed by atoms with Crippen molar-refractivity contribution >= 4 is 84.2 Å². The van der Waals surface area contributed by atoms with Gasteiger partial charge in [-0.1, -0.05) is 59.6 Å². The first-order valence-corrected chi connectivity index (χ1v) is 25.7. The molecule has 22 heteroatoms. The van der Waals surface area contributed by atoms with Crippen LogP contribution >= 0.6 is 50.3 Å². The Kier molecular flexibility index (Phi) is 17.6. The van der Waals surface area contributed by atoms with Crippen molar-refractivity contribution in [2.75, 3.05) is 37.3 Å². The van der Waals surface area contributed by atoms with E-state index in [1.54, 1.807) is 75.2 Å². The summed E-state index contributed by atoms with van der Waals surface area (Å²) in [5.74, 6) is 0.516. The summed E-state index contributed by atoms with van der Waals surface area (Å²) in [7, 11) is -4.82. The monoisotopic (exact) mass is 992 g/mol. The molecule has 4 aromatic carbocycles. The van der Waals surface area contributed by atoms with Crippen molar-refractivity contribution < 1.29 is 48.6 Å². The summed E-state index contributed by atoms with van der Waals surface area (Å²) in [5.41, 5.74) is 0.768. The van der Waals surface area contributed by atoms with Gasteiger partial charge >= 0.3 is 18.5 Å². The van der Waals surface area contributed by atoms with Crippen LogP contribution in [-0.2, 0) is 39.2 Å². The van der Waals surface area contributed by atoms with E-state index in [2.05, 4.69) is 74.4 Å². The maximum Gasteiger partial charge on any atom is 0.420 e. The van der Waals surface area contributed by atoms with Crippen molar-refractivity contribution in [3.05, 3.63) is 148 Å².